The van der Waals surface area contributed by atoms with Crippen molar-refractivity contribution in [1.29, 1.82) is 0 Å². The van der Waals surface area contributed by atoms with E-state index in [4.69, 9.17) is 0 Å². The normalized spacial score (nSPS) is 12.6. The van der Waals surface area contributed by atoms with Gasteiger partial charge in [-0.1, -0.05) is 30.3 Å². The molecular weight excluding hydrogens is 540 g/mol. The Balaban J connectivity index is 1.92. The number of rotatable bonds is 6. The van der Waals surface area contributed by atoms with Gasteiger partial charge in [0.25, 0.3) is 0 Å². The van der Waals surface area contributed by atoms with Gasteiger partial charge in [0.05, 0.1) is 14.7 Å². The quantitative estimate of drug-likeness (QED) is 0.151. The molecule has 4 rings (SSSR count). The third kappa shape index (κ3) is 4.60. The summed E-state index contributed by atoms with van der Waals surface area (Å²) in [5.74, 6) is -1.78. The van der Waals surface area contributed by atoms with Crippen LogP contribution in [0, 0.1) is 0 Å². The van der Waals surface area contributed by atoms with E-state index in [9.17, 15) is 49.1 Å². The average molecular weight is 554 g/mol. The lowest BCUT2D eigenvalue weighted by Gasteiger charge is -2.21. The minimum Gasteiger partial charge on any atom is -0.744 e. The number of hydrogen-bond acceptors (Lipinski definition) is 13. The molecule has 0 aromatic heterocycles. The standard InChI is InChI=1S/C20H16N2O11S3/c23-15-9-16(35(28,29)30)13-3-1-2-4-14(13)18(15)21-22-19-12-6-5-11(34(25,26)27)7-10(12)8-17(20(19)24)36(31,32)33/h1-9,21-24H,(H,25,26,27)(H,28,29,30)(H,31,32,33)/p-3. The molecule has 0 aliphatic carbocycles. The van der Waals surface area contributed by atoms with Gasteiger partial charge in [-0.25, -0.2) is 25.3 Å². The van der Waals surface area contributed by atoms with Crippen molar-refractivity contribution in [1.82, 2.24) is 0 Å². The van der Waals surface area contributed by atoms with Crippen LogP contribution in [-0.2, 0) is 30.4 Å². The van der Waals surface area contributed by atoms with Crippen LogP contribution >= 0.6 is 0 Å². The molecule has 4 aromatic carbocycles. The van der Waals surface area contributed by atoms with E-state index in [-0.39, 0.29) is 27.2 Å². The number of phenolic OH excluding ortho intramolecular Hbond substituents is 2. The molecular formula is C20H13N2O11S3-3. The Bertz CT molecular complexity index is 1890. The second-order valence-electron chi connectivity index (χ2n) is 7.41. The molecule has 4 N–H and O–H groups in total. The van der Waals surface area contributed by atoms with Gasteiger partial charge in [-0.3, -0.25) is 10.9 Å². The molecule has 190 valence electrons. The molecule has 0 heterocycles. The first-order valence-electron chi connectivity index (χ1n) is 9.53. The fourth-order valence-corrected chi connectivity index (χ4v) is 5.43. The molecule has 0 unspecified atom stereocenters. The van der Waals surface area contributed by atoms with Gasteiger partial charge in [0.1, 0.15) is 47.5 Å². The number of benzene rings is 4. The lowest BCUT2D eigenvalue weighted by atomic mass is 10.1. The Morgan fingerprint density at radius 3 is 1.78 bits per heavy atom. The molecule has 0 aliphatic heterocycles. The van der Waals surface area contributed by atoms with E-state index >= 15 is 0 Å². The van der Waals surface area contributed by atoms with Gasteiger partial charge < -0.3 is 23.9 Å². The van der Waals surface area contributed by atoms with Crippen molar-refractivity contribution >= 4 is 63.3 Å². The molecule has 0 atom stereocenters. The molecule has 0 aliphatic rings. The Hall–Kier alpha value is -3.67. The highest BCUT2D eigenvalue weighted by molar-refractivity contribution is 7.86. The van der Waals surface area contributed by atoms with Crippen LogP contribution in [0.15, 0.2) is 69.3 Å². The monoisotopic (exact) mass is 553 g/mol. The van der Waals surface area contributed by atoms with Crippen LogP contribution in [0.5, 0.6) is 11.5 Å². The number of nitrogens with one attached hydrogen (secondary N) is 2. The first kappa shape index (κ1) is 25.4. The van der Waals surface area contributed by atoms with Crippen LogP contribution in [0.4, 0.5) is 11.4 Å². The molecule has 16 heteroatoms. The molecule has 0 spiro atoms. The van der Waals surface area contributed by atoms with Gasteiger partial charge in [-0.2, -0.15) is 0 Å². The average Bonchev–Trinajstić information content (AvgIpc) is 2.76. The second-order valence-corrected chi connectivity index (χ2v) is 11.5. The number of fused-ring (bicyclic) bond motifs is 2. The SMILES string of the molecule is O=S(=O)([O-])c1ccc2c(NNc3c(O)cc(S(=O)(=O)[O-])c4ccccc34)c(O)c(S(=O)(=O)[O-])cc2c1. The molecule has 0 fully saturated rings. The molecule has 0 saturated heterocycles. The number of aromatic hydroxyl groups is 2. The highest BCUT2D eigenvalue weighted by Crippen LogP contribution is 2.41. The third-order valence-corrected chi connectivity index (χ3v) is 7.73. The lowest BCUT2D eigenvalue weighted by molar-refractivity contribution is 0.437. The number of hydrazine groups is 1. The molecule has 36 heavy (non-hydrogen) atoms. The van der Waals surface area contributed by atoms with E-state index < -0.39 is 62.2 Å². The van der Waals surface area contributed by atoms with Crippen LogP contribution in [0.2, 0.25) is 0 Å². The summed E-state index contributed by atoms with van der Waals surface area (Å²) in [6, 6.07) is 9.70. The fourth-order valence-electron chi connectivity index (χ4n) is 3.61. The highest BCUT2D eigenvalue weighted by atomic mass is 32.2. The molecule has 0 radical (unpaired) electrons. The molecule has 0 bridgehead atoms. The maximum Gasteiger partial charge on any atom is 0.158 e. The van der Waals surface area contributed by atoms with Crippen LogP contribution in [0.3, 0.4) is 0 Å². The van der Waals surface area contributed by atoms with Crippen molar-refractivity contribution in [3.8, 4) is 11.5 Å². The molecule has 0 amide bonds. The minimum absolute atomic E-state index is 0.0376. The van der Waals surface area contributed by atoms with Crippen molar-refractivity contribution in [2.75, 3.05) is 10.9 Å². The summed E-state index contributed by atoms with van der Waals surface area (Å²) in [5, 5.41) is 20.6. The fraction of sp³-hybridized carbons (Fsp3) is 0. The Labute approximate surface area is 203 Å². The van der Waals surface area contributed by atoms with Crippen molar-refractivity contribution < 1.29 is 49.1 Å². The largest absolute Gasteiger partial charge is 0.744 e. The minimum atomic E-state index is -5.29. The second kappa shape index (κ2) is 8.47. The summed E-state index contributed by atoms with van der Waals surface area (Å²) < 4.78 is 104. The first-order valence-corrected chi connectivity index (χ1v) is 13.8. The zero-order chi connectivity index (χ0) is 26.6. The summed E-state index contributed by atoms with van der Waals surface area (Å²) in [7, 11) is -15.2. The highest BCUT2D eigenvalue weighted by Gasteiger charge is 2.20. The molecule has 0 saturated carbocycles. The predicted molar refractivity (Wildman–Crippen MR) is 122 cm³/mol. The van der Waals surface area contributed by atoms with E-state index in [0.29, 0.717) is 12.1 Å². The van der Waals surface area contributed by atoms with Crippen molar-refractivity contribution in [2.45, 2.75) is 14.7 Å². The van der Waals surface area contributed by atoms with E-state index in [2.05, 4.69) is 10.9 Å². The van der Waals surface area contributed by atoms with Gasteiger partial charge in [0.15, 0.2) is 5.75 Å². The summed E-state index contributed by atoms with van der Waals surface area (Å²) >= 11 is 0. The van der Waals surface area contributed by atoms with Crippen LogP contribution < -0.4 is 10.9 Å². The van der Waals surface area contributed by atoms with Gasteiger partial charge in [0, 0.05) is 22.2 Å². The predicted octanol–water partition coefficient (Wildman–Crippen LogP) is 1.56. The molecule has 4 aromatic rings. The van der Waals surface area contributed by atoms with E-state index in [0.717, 1.165) is 18.2 Å². The lowest BCUT2D eigenvalue weighted by Crippen LogP contribution is -2.12. The van der Waals surface area contributed by atoms with Crippen molar-refractivity contribution in [3.05, 3.63) is 54.6 Å². The van der Waals surface area contributed by atoms with E-state index in [1.807, 2.05) is 0 Å². The Kier molecular flexibility index (Phi) is 5.98. The van der Waals surface area contributed by atoms with Gasteiger partial charge in [0.2, 0.25) is 0 Å². The topological polar surface area (TPSA) is 236 Å². The number of hydrogen-bond donors (Lipinski definition) is 4. The van der Waals surface area contributed by atoms with Crippen LogP contribution in [-0.4, -0.2) is 49.1 Å². The van der Waals surface area contributed by atoms with Gasteiger partial charge >= 0.3 is 0 Å². The van der Waals surface area contributed by atoms with Crippen LogP contribution in [0.1, 0.15) is 0 Å². The zero-order valence-corrected chi connectivity index (χ0v) is 19.9. The van der Waals surface area contributed by atoms with Crippen molar-refractivity contribution in [3.63, 3.8) is 0 Å². The zero-order valence-electron chi connectivity index (χ0n) is 17.5. The first-order chi connectivity index (χ1) is 16.6. The molecule has 13 nitrogen and oxygen atoms in total. The van der Waals surface area contributed by atoms with Crippen LogP contribution in [0.25, 0.3) is 21.5 Å². The summed E-state index contributed by atoms with van der Waals surface area (Å²) in [6.07, 6.45) is 0. The smallest absolute Gasteiger partial charge is 0.158 e. The van der Waals surface area contributed by atoms with Crippen molar-refractivity contribution in [2.24, 2.45) is 0 Å². The van der Waals surface area contributed by atoms with Gasteiger partial charge in [-0.15, -0.1) is 0 Å². The Morgan fingerprint density at radius 2 is 1.19 bits per heavy atom. The van der Waals surface area contributed by atoms with E-state index in [1.165, 1.54) is 24.3 Å². The van der Waals surface area contributed by atoms with E-state index in [1.54, 1.807) is 0 Å². The maximum absolute atomic E-state index is 11.7. The third-order valence-electron chi connectivity index (χ3n) is 5.17. The van der Waals surface area contributed by atoms with Gasteiger partial charge in [-0.05, 0) is 23.6 Å². The summed E-state index contributed by atoms with van der Waals surface area (Å²) in [6.45, 7) is 0. The number of phenols is 2. The number of anilines is 2. The summed E-state index contributed by atoms with van der Waals surface area (Å²) in [5.41, 5.74) is 4.24. The summed E-state index contributed by atoms with van der Waals surface area (Å²) in [4.78, 5) is -2.58. The maximum atomic E-state index is 11.7. The Morgan fingerprint density at radius 1 is 0.611 bits per heavy atom.